The predicted molar refractivity (Wildman–Crippen MR) is 53.4 cm³/mol. The molecule has 1 aliphatic carbocycles. The Hall–Kier alpha value is -0.600. The third-order valence-electron chi connectivity index (χ3n) is 3.21. The molecule has 3 unspecified atom stereocenters. The molecular formula is C11H17NO. The van der Waals surface area contributed by atoms with E-state index in [1.165, 1.54) is 5.57 Å². The lowest BCUT2D eigenvalue weighted by atomic mass is 9.75. The van der Waals surface area contributed by atoms with E-state index >= 15 is 0 Å². The van der Waals surface area contributed by atoms with Gasteiger partial charge in [0.2, 0.25) is 0 Å². The Morgan fingerprint density at radius 2 is 2.08 bits per heavy atom. The molecule has 3 atom stereocenters. The Morgan fingerprint density at radius 1 is 1.31 bits per heavy atom. The summed E-state index contributed by atoms with van der Waals surface area (Å²) in [5, 5.41) is 13.1. The summed E-state index contributed by atoms with van der Waals surface area (Å²) in [5.74, 6) is 0.571. The Labute approximate surface area is 79.3 Å². The van der Waals surface area contributed by atoms with Gasteiger partial charge in [0, 0.05) is 12.6 Å². The number of aliphatic hydroxyl groups is 1. The van der Waals surface area contributed by atoms with Gasteiger partial charge in [-0.1, -0.05) is 18.7 Å². The minimum absolute atomic E-state index is 0.283. The molecule has 2 fully saturated rings. The van der Waals surface area contributed by atoms with Crippen molar-refractivity contribution in [2.75, 3.05) is 6.54 Å². The molecule has 0 radical (unpaired) electrons. The Morgan fingerprint density at radius 3 is 2.85 bits per heavy atom. The topological polar surface area (TPSA) is 32.3 Å². The molecule has 2 aliphatic rings. The third kappa shape index (κ3) is 1.69. The summed E-state index contributed by atoms with van der Waals surface area (Å²) in [6.45, 7) is 8.81. The summed E-state index contributed by atoms with van der Waals surface area (Å²) in [6.07, 6.45) is 2.57. The predicted octanol–water partition coefficient (Wildman–Crippen LogP) is 1.23. The van der Waals surface area contributed by atoms with E-state index < -0.39 is 0 Å². The van der Waals surface area contributed by atoms with E-state index in [4.69, 9.17) is 0 Å². The van der Waals surface area contributed by atoms with Gasteiger partial charge in [0.05, 0.1) is 6.10 Å². The standard InChI is InChI=1S/C11H17NO/c1-7-3-9-5-11(13)8(2)4-10(9)12-6-7/h9-13H,1-6H2. The van der Waals surface area contributed by atoms with E-state index in [1.807, 2.05) is 0 Å². The zero-order valence-corrected chi connectivity index (χ0v) is 7.92. The van der Waals surface area contributed by atoms with Crippen LogP contribution in [-0.4, -0.2) is 23.8 Å². The summed E-state index contributed by atoms with van der Waals surface area (Å²) < 4.78 is 0. The average molecular weight is 179 g/mol. The molecule has 2 heteroatoms. The Bertz CT molecular complexity index is 246. The minimum Gasteiger partial charge on any atom is -0.389 e. The smallest absolute Gasteiger partial charge is 0.0751 e. The van der Waals surface area contributed by atoms with Crippen LogP contribution in [0.25, 0.3) is 0 Å². The summed E-state index contributed by atoms with van der Waals surface area (Å²) >= 11 is 0. The van der Waals surface area contributed by atoms with E-state index in [9.17, 15) is 5.11 Å². The Kier molecular flexibility index (Phi) is 2.26. The van der Waals surface area contributed by atoms with Gasteiger partial charge >= 0.3 is 0 Å². The minimum atomic E-state index is -0.283. The number of fused-ring (bicyclic) bond motifs is 1. The highest BCUT2D eigenvalue weighted by Gasteiger charge is 2.33. The number of piperidine rings is 1. The van der Waals surface area contributed by atoms with Gasteiger partial charge in [-0.05, 0) is 30.8 Å². The molecular weight excluding hydrogens is 162 g/mol. The molecule has 0 bridgehead atoms. The monoisotopic (exact) mass is 179 g/mol. The normalized spacial score (nSPS) is 40.2. The lowest BCUT2D eigenvalue weighted by Crippen LogP contribution is -2.47. The maximum Gasteiger partial charge on any atom is 0.0751 e. The molecule has 0 amide bonds. The molecule has 2 nitrogen and oxygen atoms in total. The van der Waals surface area contributed by atoms with E-state index in [-0.39, 0.29) is 6.10 Å². The van der Waals surface area contributed by atoms with Crippen molar-refractivity contribution in [3.8, 4) is 0 Å². The quantitative estimate of drug-likeness (QED) is 0.548. The highest BCUT2D eigenvalue weighted by Crippen LogP contribution is 2.34. The molecule has 1 heterocycles. The molecule has 72 valence electrons. The van der Waals surface area contributed by atoms with Gasteiger partial charge in [0.25, 0.3) is 0 Å². The van der Waals surface area contributed by atoms with Gasteiger partial charge in [0.1, 0.15) is 0 Å². The first-order valence-electron chi connectivity index (χ1n) is 4.92. The second-order valence-corrected chi connectivity index (χ2v) is 4.32. The number of hydrogen-bond acceptors (Lipinski definition) is 2. The van der Waals surface area contributed by atoms with E-state index in [2.05, 4.69) is 18.5 Å². The van der Waals surface area contributed by atoms with Crippen molar-refractivity contribution in [1.82, 2.24) is 5.32 Å². The molecule has 13 heavy (non-hydrogen) atoms. The van der Waals surface area contributed by atoms with Crippen LogP contribution in [0.2, 0.25) is 0 Å². The van der Waals surface area contributed by atoms with Crippen molar-refractivity contribution in [3.63, 3.8) is 0 Å². The zero-order valence-electron chi connectivity index (χ0n) is 7.92. The molecule has 0 aromatic rings. The summed E-state index contributed by atoms with van der Waals surface area (Å²) in [5.41, 5.74) is 2.25. The van der Waals surface area contributed by atoms with Crippen LogP contribution in [0.3, 0.4) is 0 Å². The maximum absolute atomic E-state index is 9.65. The first kappa shape index (κ1) is 8.97. The molecule has 0 aromatic carbocycles. The van der Waals surface area contributed by atoms with E-state index in [0.717, 1.165) is 31.4 Å². The van der Waals surface area contributed by atoms with Crippen LogP contribution in [-0.2, 0) is 0 Å². The van der Waals surface area contributed by atoms with Gasteiger partial charge in [-0.15, -0.1) is 0 Å². The fourth-order valence-electron chi connectivity index (χ4n) is 2.39. The average Bonchev–Trinajstić information content (AvgIpc) is 2.08. The second-order valence-electron chi connectivity index (χ2n) is 4.32. The first-order chi connectivity index (χ1) is 6.16. The van der Waals surface area contributed by atoms with Crippen LogP contribution < -0.4 is 5.32 Å². The summed E-state index contributed by atoms with van der Waals surface area (Å²) in [4.78, 5) is 0. The van der Waals surface area contributed by atoms with Crippen molar-refractivity contribution in [1.29, 1.82) is 0 Å². The number of hydrogen-bond donors (Lipinski definition) is 2. The zero-order chi connectivity index (χ0) is 9.42. The number of rotatable bonds is 0. The molecule has 1 saturated heterocycles. The van der Waals surface area contributed by atoms with Crippen molar-refractivity contribution < 1.29 is 5.11 Å². The highest BCUT2D eigenvalue weighted by atomic mass is 16.3. The van der Waals surface area contributed by atoms with Gasteiger partial charge in [-0.2, -0.15) is 0 Å². The van der Waals surface area contributed by atoms with Gasteiger partial charge < -0.3 is 10.4 Å². The molecule has 2 N–H and O–H groups in total. The summed E-state index contributed by atoms with van der Waals surface area (Å²) in [7, 11) is 0. The molecule has 0 aromatic heterocycles. The summed E-state index contributed by atoms with van der Waals surface area (Å²) in [6, 6.07) is 0.529. The van der Waals surface area contributed by atoms with Crippen molar-refractivity contribution in [2.45, 2.75) is 31.4 Å². The van der Waals surface area contributed by atoms with Crippen LogP contribution in [0.15, 0.2) is 24.3 Å². The van der Waals surface area contributed by atoms with Crippen LogP contribution in [0.5, 0.6) is 0 Å². The lowest BCUT2D eigenvalue weighted by molar-refractivity contribution is 0.122. The molecule has 1 saturated carbocycles. The molecule has 1 aliphatic heterocycles. The van der Waals surface area contributed by atoms with Gasteiger partial charge in [0.15, 0.2) is 0 Å². The Balaban J connectivity index is 2.06. The van der Waals surface area contributed by atoms with Gasteiger partial charge in [-0.25, -0.2) is 0 Å². The largest absolute Gasteiger partial charge is 0.389 e. The van der Waals surface area contributed by atoms with Crippen molar-refractivity contribution in [2.24, 2.45) is 5.92 Å². The SMILES string of the molecule is C=C1CNC2CC(=C)C(O)CC2C1. The molecule has 2 rings (SSSR count). The number of aliphatic hydroxyl groups excluding tert-OH is 1. The fraction of sp³-hybridized carbons (Fsp3) is 0.636. The molecule has 0 spiro atoms. The lowest BCUT2D eigenvalue weighted by Gasteiger charge is -2.40. The van der Waals surface area contributed by atoms with Crippen molar-refractivity contribution in [3.05, 3.63) is 24.3 Å². The van der Waals surface area contributed by atoms with Crippen LogP contribution >= 0.6 is 0 Å². The fourth-order valence-corrected chi connectivity index (χ4v) is 2.39. The highest BCUT2D eigenvalue weighted by molar-refractivity contribution is 5.15. The van der Waals surface area contributed by atoms with Crippen LogP contribution in [0.4, 0.5) is 0 Å². The maximum atomic E-state index is 9.65. The van der Waals surface area contributed by atoms with E-state index in [1.54, 1.807) is 0 Å². The number of nitrogens with one attached hydrogen (secondary N) is 1. The third-order valence-corrected chi connectivity index (χ3v) is 3.21. The first-order valence-corrected chi connectivity index (χ1v) is 4.92. The van der Waals surface area contributed by atoms with Gasteiger partial charge in [-0.3, -0.25) is 0 Å². The van der Waals surface area contributed by atoms with Crippen LogP contribution in [0.1, 0.15) is 19.3 Å². The van der Waals surface area contributed by atoms with Crippen molar-refractivity contribution >= 4 is 0 Å². The second kappa shape index (κ2) is 3.28. The van der Waals surface area contributed by atoms with Crippen LogP contribution in [0, 0.1) is 5.92 Å². The van der Waals surface area contributed by atoms with E-state index in [0.29, 0.717) is 12.0 Å².